The summed E-state index contributed by atoms with van der Waals surface area (Å²) in [7, 11) is 0. The smallest absolute Gasteiger partial charge is 0.432 e. The molecule has 0 aliphatic carbocycles. The molecule has 1 aromatic rings. The zero-order valence-corrected chi connectivity index (χ0v) is 10.2. The van der Waals surface area contributed by atoms with Gasteiger partial charge in [0, 0.05) is 0 Å². The molecule has 0 fully saturated rings. The Hall–Kier alpha value is -2.08. The van der Waals surface area contributed by atoms with E-state index in [9.17, 15) is 9.59 Å². The largest absolute Gasteiger partial charge is 0.543 e. The van der Waals surface area contributed by atoms with Crippen LogP contribution in [-0.4, -0.2) is 18.7 Å². The van der Waals surface area contributed by atoms with Gasteiger partial charge in [-0.1, -0.05) is 25.1 Å². The molecule has 6 heteroatoms. The van der Waals surface area contributed by atoms with Crippen molar-refractivity contribution in [1.82, 2.24) is 0 Å². The molecule has 0 amide bonds. The van der Waals surface area contributed by atoms with Crippen molar-refractivity contribution in [2.75, 3.05) is 6.61 Å². The minimum absolute atomic E-state index is 0.202. The van der Waals surface area contributed by atoms with Crippen LogP contribution in [0.2, 0.25) is 0 Å². The summed E-state index contributed by atoms with van der Waals surface area (Å²) in [5, 5.41) is 4.04. The molecule has 0 aromatic heterocycles. The topological polar surface area (TPSA) is 71.1 Å². The fourth-order valence-electron chi connectivity index (χ4n) is 1.13. The van der Waals surface area contributed by atoms with Crippen LogP contribution in [-0.2, 0) is 19.6 Å². The Morgan fingerprint density at radius 2 is 1.89 bits per heavy atom. The van der Waals surface area contributed by atoms with Crippen LogP contribution in [0.3, 0.4) is 0 Å². The summed E-state index contributed by atoms with van der Waals surface area (Å²) in [4.78, 5) is 30.7. The fraction of sp³-hybridized carbons (Fsp3) is 0.333. The van der Waals surface area contributed by atoms with Crippen molar-refractivity contribution in [2.45, 2.75) is 20.3 Å². The van der Waals surface area contributed by atoms with Crippen LogP contribution in [0.25, 0.3) is 0 Å². The molecule has 6 nitrogen and oxygen atoms in total. The minimum atomic E-state index is -1.06. The van der Waals surface area contributed by atoms with E-state index in [2.05, 4.69) is 19.6 Å². The lowest BCUT2D eigenvalue weighted by Crippen LogP contribution is -2.13. The van der Waals surface area contributed by atoms with E-state index < -0.39 is 12.1 Å². The maximum Gasteiger partial charge on any atom is 0.543 e. The molecule has 0 atom stereocenters. The van der Waals surface area contributed by atoms with Gasteiger partial charge in [-0.3, -0.25) is 4.89 Å². The number of benzene rings is 1. The first-order valence-corrected chi connectivity index (χ1v) is 5.43. The van der Waals surface area contributed by atoms with Gasteiger partial charge in [0.2, 0.25) is 0 Å². The van der Waals surface area contributed by atoms with Crippen LogP contribution >= 0.6 is 0 Å². The van der Waals surface area contributed by atoms with Crippen molar-refractivity contribution >= 4 is 12.1 Å². The highest BCUT2D eigenvalue weighted by Crippen LogP contribution is 2.08. The Balaban J connectivity index is 2.34. The van der Waals surface area contributed by atoms with E-state index in [-0.39, 0.29) is 6.61 Å². The van der Waals surface area contributed by atoms with Crippen LogP contribution in [0.15, 0.2) is 24.3 Å². The molecule has 18 heavy (non-hydrogen) atoms. The minimum Gasteiger partial charge on any atom is -0.432 e. The molecular weight excluding hydrogens is 240 g/mol. The van der Waals surface area contributed by atoms with Gasteiger partial charge in [0.25, 0.3) is 0 Å². The summed E-state index contributed by atoms with van der Waals surface area (Å²) in [6, 6.07) is 6.77. The van der Waals surface area contributed by atoms with Crippen molar-refractivity contribution in [3.05, 3.63) is 35.4 Å². The zero-order chi connectivity index (χ0) is 13.4. The summed E-state index contributed by atoms with van der Waals surface area (Å²) in [6.45, 7) is 3.77. The summed E-state index contributed by atoms with van der Waals surface area (Å²) in [5.74, 6) is -0.753. The summed E-state index contributed by atoms with van der Waals surface area (Å²) in [5.41, 5.74) is 1.04. The summed E-state index contributed by atoms with van der Waals surface area (Å²) < 4.78 is 4.52. The van der Waals surface area contributed by atoms with Gasteiger partial charge >= 0.3 is 12.1 Å². The van der Waals surface area contributed by atoms with E-state index >= 15 is 0 Å². The molecule has 0 aliphatic rings. The lowest BCUT2D eigenvalue weighted by molar-refractivity contribution is -0.452. The van der Waals surface area contributed by atoms with Crippen molar-refractivity contribution < 1.29 is 29.1 Å². The fourth-order valence-corrected chi connectivity index (χ4v) is 1.13. The highest BCUT2D eigenvalue weighted by Gasteiger charge is 2.13. The predicted molar refractivity (Wildman–Crippen MR) is 60.4 cm³/mol. The van der Waals surface area contributed by atoms with Gasteiger partial charge in [-0.2, -0.15) is 0 Å². The third-order valence-corrected chi connectivity index (χ3v) is 2.00. The highest BCUT2D eigenvalue weighted by molar-refractivity contribution is 5.90. The lowest BCUT2D eigenvalue weighted by atomic mass is 10.1. The Bertz CT molecular complexity index is 415. The SMILES string of the molecule is CCCOC(=O)OOOC(=O)c1ccccc1C. The molecule has 1 rings (SSSR count). The van der Waals surface area contributed by atoms with Crippen molar-refractivity contribution in [1.29, 1.82) is 0 Å². The second kappa shape index (κ2) is 7.29. The van der Waals surface area contributed by atoms with Crippen molar-refractivity contribution in [2.24, 2.45) is 0 Å². The van der Waals surface area contributed by atoms with Crippen LogP contribution in [0.1, 0.15) is 29.3 Å². The highest BCUT2D eigenvalue weighted by atomic mass is 17.5. The molecule has 0 N–H and O–H groups in total. The second-order valence-corrected chi connectivity index (χ2v) is 3.44. The van der Waals surface area contributed by atoms with E-state index in [1.165, 1.54) is 0 Å². The number of carbonyl (C=O) groups excluding carboxylic acids is 2. The molecule has 98 valence electrons. The molecule has 0 saturated heterocycles. The molecule has 1 aromatic carbocycles. The monoisotopic (exact) mass is 254 g/mol. The maximum atomic E-state index is 11.5. The molecule has 0 bridgehead atoms. The Labute approximate surface area is 104 Å². The second-order valence-electron chi connectivity index (χ2n) is 3.44. The Morgan fingerprint density at radius 3 is 2.56 bits per heavy atom. The van der Waals surface area contributed by atoms with Gasteiger partial charge in [0.05, 0.1) is 17.2 Å². The normalized spacial score (nSPS) is 9.67. The molecule has 0 unspecified atom stereocenters. The van der Waals surface area contributed by atoms with Gasteiger partial charge in [0.1, 0.15) is 0 Å². The first-order chi connectivity index (χ1) is 8.65. The first-order valence-electron chi connectivity index (χ1n) is 5.43. The van der Waals surface area contributed by atoms with Crippen LogP contribution in [0, 0.1) is 6.92 Å². The van der Waals surface area contributed by atoms with Crippen molar-refractivity contribution in [3.63, 3.8) is 0 Å². The number of ether oxygens (including phenoxy) is 1. The van der Waals surface area contributed by atoms with E-state index in [1.807, 2.05) is 6.92 Å². The van der Waals surface area contributed by atoms with E-state index in [0.29, 0.717) is 12.0 Å². The average molecular weight is 254 g/mol. The van der Waals surface area contributed by atoms with Gasteiger partial charge in [0.15, 0.2) is 0 Å². The van der Waals surface area contributed by atoms with Gasteiger partial charge in [-0.25, -0.2) is 14.5 Å². The predicted octanol–water partition coefficient (Wildman–Crippen LogP) is 2.56. The zero-order valence-electron chi connectivity index (χ0n) is 10.2. The molecule has 0 heterocycles. The summed E-state index contributed by atoms with van der Waals surface area (Å²) >= 11 is 0. The molecule has 0 spiro atoms. The Morgan fingerprint density at radius 1 is 1.17 bits per heavy atom. The standard InChI is InChI=1S/C12H14O6/c1-3-8-15-12(14)17-18-16-11(13)10-7-5-4-6-9(10)2/h4-7H,3,8H2,1-2H3. The summed E-state index contributed by atoms with van der Waals surface area (Å²) in [6.07, 6.45) is -0.410. The van der Waals surface area contributed by atoms with E-state index in [0.717, 1.165) is 5.56 Å². The van der Waals surface area contributed by atoms with Crippen LogP contribution in [0.4, 0.5) is 4.79 Å². The molecule has 0 radical (unpaired) electrons. The number of aryl methyl sites for hydroxylation is 1. The number of carbonyl (C=O) groups is 2. The molecule has 0 aliphatic heterocycles. The number of hydrogen-bond acceptors (Lipinski definition) is 6. The maximum absolute atomic E-state index is 11.5. The lowest BCUT2D eigenvalue weighted by Gasteiger charge is -2.04. The van der Waals surface area contributed by atoms with E-state index in [1.54, 1.807) is 31.2 Å². The molecule has 0 saturated carbocycles. The third-order valence-electron chi connectivity index (χ3n) is 2.00. The first kappa shape index (κ1) is 14.0. The van der Waals surface area contributed by atoms with Gasteiger partial charge < -0.3 is 4.74 Å². The van der Waals surface area contributed by atoms with Gasteiger partial charge in [-0.15, -0.1) is 0 Å². The van der Waals surface area contributed by atoms with Crippen molar-refractivity contribution in [3.8, 4) is 0 Å². The van der Waals surface area contributed by atoms with Crippen LogP contribution in [0.5, 0.6) is 0 Å². The average Bonchev–Trinajstić information content (AvgIpc) is 2.36. The molecular formula is C12H14O6. The van der Waals surface area contributed by atoms with Gasteiger partial charge in [-0.05, 0) is 25.0 Å². The Kier molecular flexibility index (Phi) is 5.66. The quantitative estimate of drug-likeness (QED) is 0.457. The van der Waals surface area contributed by atoms with E-state index in [4.69, 9.17) is 0 Å². The number of rotatable bonds is 5. The van der Waals surface area contributed by atoms with Crippen LogP contribution < -0.4 is 0 Å². The number of hydrogen-bond donors (Lipinski definition) is 0. The third kappa shape index (κ3) is 4.42.